The van der Waals surface area contributed by atoms with Gasteiger partial charge in [0, 0.05) is 16.7 Å². The number of hydrogen-bond acceptors (Lipinski definition) is 4. The third-order valence-electron chi connectivity index (χ3n) is 3.33. The molecule has 3 aromatic rings. The number of nitrogens with zero attached hydrogens (tertiary/aromatic N) is 1. The van der Waals surface area contributed by atoms with Crippen LogP contribution in [0.5, 0.6) is 0 Å². The molecule has 0 unspecified atom stereocenters. The zero-order valence-electron chi connectivity index (χ0n) is 12.3. The fraction of sp³-hybridized carbons (Fsp3) is 0.0625. The highest BCUT2D eigenvalue weighted by molar-refractivity contribution is 6.36. The van der Waals surface area contributed by atoms with E-state index in [1.807, 2.05) is 0 Å². The van der Waals surface area contributed by atoms with Gasteiger partial charge in [-0.1, -0.05) is 23.2 Å². The Labute approximate surface area is 147 Å². The lowest BCUT2D eigenvalue weighted by molar-refractivity contribution is -0.409. The second kappa shape index (κ2) is 6.90. The van der Waals surface area contributed by atoms with Gasteiger partial charge in [-0.3, -0.25) is 15.4 Å². The fourth-order valence-corrected chi connectivity index (χ4v) is 2.71. The number of furan rings is 1. The number of anilines is 1. The lowest BCUT2D eigenvalue weighted by atomic mass is 10.2. The molecule has 3 rings (SSSR count). The fourth-order valence-electron chi connectivity index (χ4n) is 2.20. The third-order valence-corrected chi connectivity index (χ3v) is 3.88. The number of nitrogens with one attached hydrogen (secondary N) is 2. The van der Waals surface area contributed by atoms with Gasteiger partial charge in [-0.2, -0.15) is 0 Å². The van der Waals surface area contributed by atoms with Crippen molar-refractivity contribution in [2.45, 2.75) is 6.54 Å². The molecule has 6 nitrogen and oxygen atoms in total. The maximum absolute atomic E-state index is 11.0. The molecule has 0 aliphatic rings. The molecule has 2 N–H and O–H groups in total. The molecule has 122 valence electrons. The first kappa shape index (κ1) is 16.3. The van der Waals surface area contributed by atoms with Gasteiger partial charge in [0.1, 0.15) is 18.1 Å². The van der Waals surface area contributed by atoms with E-state index in [1.165, 1.54) is 6.07 Å². The minimum absolute atomic E-state index is 0.0370. The predicted molar refractivity (Wildman–Crippen MR) is 91.1 cm³/mol. The van der Waals surface area contributed by atoms with Crippen LogP contribution in [0, 0.1) is 10.1 Å². The second-order valence-electron chi connectivity index (χ2n) is 4.93. The summed E-state index contributed by atoms with van der Waals surface area (Å²) in [5.41, 5.74) is 0.689. The van der Waals surface area contributed by atoms with Crippen LogP contribution < -0.4 is 10.3 Å². The molecule has 8 heteroatoms. The van der Waals surface area contributed by atoms with E-state index in [0.717, 1.165) is 5.56 Å². The van der Waals surface area contributed by atoms with E-state index in [2.05, 4.69) is 10.3 Å². The zero-order valence-corrected chi connectivity index (χ0v) is 13.8. The van der Waals surface area contributed by atoms with E-state index in [4.69, 9.17) is 27.6 Å². The normalized spacial score (nSPS) is 10.6. The number of H-pyrrole nitrogens is 1. The minimum Gasteiger partial charge on any atom is -0.457 e. The molecule has 0 spiro atoms. The van der Waals surface area contributed by atoms with E-state index in [-0.39, 0.29) is 12.2 Å². The SMILES string of the molecule is O=[N+]([O-])c1ccc[nH+]c1NCc1ccc(-c2ccc(Cl)cc2Cl)o1. The Bertz CT molecular complexity index is 896. The number of aromatic nitrogens is 1. The molecule has 0 amide bonds. The molecule has 0 saturated heterocycles. The first-order valence-corrected chi connectivity index (χ1v) is 7.73. The van der Waals surface area contributed by atoms with Crippen LogP contribution >= 0.6 is 23.2 Å². The van der Waals surface area contributed by atoms with Crippen molar-refractivity contribution in [1.82, 2.24) is 0 Å². The highest BCUT2D eigenvalue weighted by Gasteiger charge is 2.20. The Hall–Kier alpha value is -2.57. The number of nitro groups is 1. The minimum atomic E-state index is -0.458. The summed E-state index contributed by atoms with van der Waals surface area (Å²) in [5.74, 6) is 1.52. The summed E-state index contributed by atoms with van der Waals surface area (Å²) in [6.07, 6.45) is 1.61. The summed E-state index contributed by atoms with van der Waals surface area (Å²) in [5, 5.41) is 15.0. The van der Waals surface area contributed by atoms with Gasteiger partial charge in [0.25, 0.3) is 0 Å². The standard InChI is InChI=1S/C16H11Cl2N3O3/c17-10-3-5-12(13(18)8-10)15-6-4-11(24-15)9-20-16-14(21(22)23)2-1-7-19-16/h1-8H,9H2,(H,19,20)/p+1. The molecule has 1 aromatic carbocycles. The lowest BCUT2D eigenvalue weighted by Gasteiger charge is -2.01. The molecule has 0 atom stereocenters. The Morgan fingerprint density at radius 3 is 2.79 bits per heavy atom. The van der Waals surface area contributed by atoms with Gasteiger partial charge in [0.2, 0.25) is 0 Å². The van der Waals surface area contributed by atoms with Crippen molar-refractivity contribution < 1.29 is 14.3 Å². The predicted octanol–water partition coefficient (Wildman–Crippen LogP) is 4.59. The smallest absolute Gasteiger partial charge is 0.357 e. The molecule has 0 saturated carbocycles. The molecule has 0 bridgehead atoms. The van der Waals surface area contributed by atoms with E-state index >= 15 is 0 Å². The van der Waals surface area contributed by atoms with Crippen LogP contribution in [0.1, 0.15) is 5.76 Å². The number of pyridine rings is 1. The van der Waals surface area contributed by atoms with Gasteiger partial charge >= 0.3 is 11.5 Å². The maximum atomic E-state index is 11.0. The Kier molecular flexibility index (Phi) is 4.69. The molecule has 0 aliphatic heterocycles. The summed E-state index contributed by atoms with van der Waals surface area (Å²) in [6, 6.07) is 11.7. The van der Waals surface area contributed by atoms with Crippen LogP contribution in [0.3, 0.4) is 0 Å². The first-order valence-electron chi connectivity index (χ1n) is 6.97. The number of rotatable bonds is 5. The van der Waals surface area contributed by atoms with E-state index in [9.17, 15) is 10.1 Å². The summed E-state index contributed by atoms with van der Waals surface area (Å²) < 4.78 is 5.74. The summed E-state index contributed by atoms with van der Waals surface area (Å²) in [7, 11) is 0. The van der Waals surface area contributed by atoms with E-state index in [0.29, 0.717) is 27.4 Å². The average Bonchev–Trinajstić information content (AvgIpc) is 3.01. The lowest BCUT2D eigenvalue weighted by Crippen LogP contribution is -2.14. The zero-order chi connectivity index (χ0) is 17.1. The van der Waals surface area contributed by atoms with Gasteiger partial charge in [-0.25, -0.2) is 4.98 Å². The van der Waals surface area contributed by atoms with Gasteiger partial charge in [0.05, 0.1) is 16.1 Å². The van der Waals surface area contributed by atoms with E-state index < -0.39 is 4.92 Å². The largest absolute Gasteiger partial charge is 0.457 e. The molecule has 0 fully saturated rings. The van der Waals surface area contributed by atoms with Crippen LogP contribution in [-0.2, 0) is 6.54 Å². The quantitative estimate of drug-likeness (QED) is 0.530. The van der Waals surface area contributed by atoms with Crippen molar-refractivity contribution in [2.24, 2.45) is 0 Å². The summed E-state index contributed by atoms with van der Waals surface area (Å²) in [4.78, 5) is 13.3. The van der Waals surface area contributed by atoms with Crippen molar-refractivity contribution in [3.05, 3.63) is 74.6 Å². The molecule has 24 heavy (non-hydrogen) atoms. The molecule has 2 heterocycles. The monoisotopic (exact) mass is 364 g/mol. The second-order valence-corrected chi connectivity index (χ2v) is 5.77. The highest BCUT2D eigenvalue weighted by Crippen LogP contribution is 2.31. The highest BCUT2D eigenvalue weighted by atomic mass is 35.5. The molecule has 0 radical (unpaired) electrons. The van der Waals surface area contributed by atoms with Crippen molar-refractivity contribution >= 4 is 34.7 Å². The van der Waals surface area contributed by atoms with Crippen molar-refractivity contribution in [3.8, 4) is 11.3 Å². The number of hydrogen-bond donors (Lipinski definition) is 1. The molecular weight excluding hydrogens is 353 g/mol. The summed E-state index contributed by atoms with van der Waals surface area (Å²) in [6.45, 7) is 0.284. The van der Waals surface area contributed by atoms with Crippen LogP contribution in [0.4, 0.5) is 11.5 Å². The summed E-state index contributed by atoms with van der Waals surface area (Å²) >= 11 is 12.0. The Balaban J connectivity index is 1.77. The van der Waals surface area contributed by atoms with Crippen molar-refractivity contribution in [1.29, 1.82) is 0 Å². The van der Waals surface area contributed by atoms with Crippen LogP contribution in [0.25, 0.3) is 11.3 Å². The number of aromatic amines is 1. The average molecular weight is 365 g/mol. The van der Waals surface area contributed by atoms with E-state index in [1.54, 1.807) is 42.6 Å². The molecule has 0 aliphatic carbocycles. The molecule has 2 aromatic heterocycles. The van der Waals surface area contributed by atoms with Crippen molar-refractivity contribution in [2.75, 3.05) is 5.32 Å². The number of halogens is 2. The van der Waals surface area contributed by atoms with Crippen LogP contribution in [0.15, 0.2) is 53.1 Å². The Morgan fingerprint density at radius 2 is 2.04 bits per heavy atom. The van der Waals surface area contributed by atoms with Crippen molar-refractivity contribution in [3.63, 3.8) is 0 Å². The molecular formula is C16H12Cl2N3O3+. The third kappa shape index (κ3) is 3.50. The maximum Gasteiger partial charge on any atom is 0.357 e. The van der Waals surface area contributed by atoms with Gasteiger partial charge in [-0.05, 0) is 36.4 Å². The van der Waals surface area contributed by atoms with Gasteiger partial charge in [0.15, 0.2) is 0 Å². The Morgan fingerprint density at radius 1 is 1.21 bits per heavy atom. The topological polar surface area (TPSA) is 82.5 Å². The van der Waals surface area contributed by atoms with Gasteiger partial charge < -0.3 is 4.42 Å². The van der Waals surface area contributed by atoms with Crippen LogP contribution in [-0.4, -0.2) is 4.92 Å². The first-order chi connectivity index (χ1) is 11.5. The van der Waals surface area contributed by atoms with Gasteiger partial charge in [-0.15, -0.1) is 0 Å². The number of benzene rings is 1. The van der Waals surface area contributed by atoms with Crippen LogP contribution in [0.2, 0.25) is 10.0 Å².